The summed E-state index contributed by atoms with van der Waals surface area (Å²) in [7, 11) is 0. The lowest BCUT2D eigenvalue weighted by molar-refractivity contribution is 0.0954. The molecule has 72 valence electrons. The molecule has 13 heavy (non-hydrogen) atoms. The van der Waals surface area contributed by atoms with Gasteiger partial charge in [0.25, 0.3) is 0 Å². The monoisotopic (exact) mass is 244 g/mol. The number of aliphatic hydroxyl groups is 2. The normalized spacial score (nSPS) is 12.9. The van der Waals surface area contributed by atoms with Crippen molar-refractivity contribution in [3.8, 4) is 0 Å². The van der Waals surface area contributed by atoms with Gasteiger partial charge in [0.2, 0.25) is 0 Å². The van der Waals surface area contributed by atoms with Crippen LogP contribution in [0, 0.1) is 6.92 Å². The van der Waals surface area contributed by atoms with E-state index in [4.69, 9.17) is 5.11 Å². The molecule has 2 nitrogen and oxygen atoms in total. The van der Waals surface area contributed by atoms with E-state index in [1.807, 2.05) is 25.1 Å². The minimum Gasteiger partial charge on any atom is -0.394 e. The van der Waals surface area contributed by atoms with E-state index < -0.39 is 6.10 Å². The molecule has 0 heterocycles. The van der Waals surface area contributed by atoms with Crippen LogP contribution in [0.3, 0.4) is 0 Å². The highest BCUT2D eigenvalue weighted by atomic mass is 79.9. The predicted octanol–water partition coefficient (Wildman–Crippen LogP) is 1.65. The van der Waals surface area contributed by atoms with Gasteiger partial charge in [-0.25, -0.2) is 0 Å². The van der Waals surface area contributed by atoms with E-state index in [-0.39, 0.29) is 6.61 Å². The van der Waals surface area contributed by atoms with Gasteiger partial charge in [-0.2, -0.15) is 0 Å². The minimum absolute atomic E-state index is 0.185. The lowest BCUT2D eigenvalue weighted by atomic mass is 10.0. The Morgan fingerprint density at radius 1 is 1.46 bits per heavy atom. The number of hydrogen-bond acceptors (Lipinski definition) is 2. The summed E-state index contributed by atoms with van der Waals surface area (Å²) in [4.78, 5) is 0. The van der Waals surface area contributed by atoms with Gasteiger partial charge >= 0.3 is 0 Å². The van der Waals surface area contributed by atoms with Gasteiger partial charge in [-0.3, -0.25) is 0 Å². The first-order chi connectivity index (χ1) is 6.13. The van der Waals surface area contributed by atoms with Crippen molar-refractivity contribution in [2.24, 2.45) is 0 Å². The number of hydrogen-bond donors (Lipinski definition) is 2. The van der Waals surface area contributed by atoms with Gasteiger partial charge < -0.3 is 10.2 Å². The van der Waals surface area contributed by atoms with Crippen molar-refractivity contribution in [1.29, 1.82) is 0 Å². The van der Waals surface area contributed by atoms with Crippen LogP contribution in [0.25, 0.3) is 0 Å². The van der Waals surface area contributed by atoms with Crippen molar-refractivity contribution in [2.75, 3.05) is 6.61 Å². The molecule has 2 N–H and O–H groups in total. The van der Waals surface area contributed by atoms with E-state index >= 15 is 0 Å². The summed E-state index contributed by atoms with van der Waals surface area (Å²) in [6.07, 6.45) is -0.143. The Balaban J connectivity index is 2.77. The summed E-state index contributed by atoms with van der Waals surface area (Å²) >= 11 is 3.37. The number of benzene rings is 1. The van der Waals surface area contributed by atoms with Crippen LogP contribution in [-0.4, -0.2) is 22.9 Å². The molecule has 0 saturated heterocycles. The second-order valence-corrected chi connectivity index (χ2v) is 4.03. The Morgan fingerprint density at radius 2 is 2.15 bits per heavy atom. The van der Waals surface area contributed by atoms with Crippen molar-refractivity contribution >= 4 is 15.9 Å². The third kappa shape index (κ3) is 3.10. The second-order valence-electron chi connectivity index (χ2n) is 3.11. The van der Waals surface area contributed by atoms with Crippen molar-refractivity contribution in [1.82, 2.24) is 0 Å². The van der Waals surface area contributed by atoms with Crippen LogP contribution in [0.4, 0.5) is 0 Å². The largest absolute Gasteiger partial charge is 0.394 e. The quantitative estimate of drug-likeness (QED) is 0.850. The molecular weight excluding hydrogens is 232 g/mol. The maximum Gasteiger partial charge on any atom is 0.0811 e. The number of aryl methyl sites for hydroxylation is 1. The Labute approximate surface area is 86.3 Å². The van der Waals surface area contributed by atoms with E-state index in [9.17, 15) is 5.11 Å². The lowest BCUT2D eigenvalue weighted by Gasteiger charge is -2.09. The maximum absolute atomic E-state index is 9.24. The molecule has 0 spiro atoms. The van der Waals surface area contributed by atoms with Gasteiger partial charge in [0.15, 0.2) is 0 Å². The molecule has 0 aliphatic carbocycles. The van der Waals surface area contributed by atoms with Crippen LogP contribution in [0.2, 0.25) is 0 Å². The zero-order valence-corrected chi connectivity index (χ0v) is 9.08. The molecule has 0 aliphatic rings. The van der Waals surface area contributed by atoms with E-state index in [2.05, 4.69) is 15.9 Å². The molecule has 1 aromatic carbocycles. The van der Waals surface area contributed by atoms with Crippen LogP contribution in [0.5, 0.6) is 0 Å². The summed E-state index contributed by atoms with van der Waals surface area (Å²) in [5, 5.41) is 17.9. The molecule has 0 aromatic heterocycles. The fourth-order valence-corrected chi connectivity index (χ4v) is 1.68. The van der Waals surface area contributed by atoms with E-state index in [0.717, 1.165) is 15.6 Å². The first-order valence-corrected chi connectivity index (χ1v) is 4.96. The molecule has 0 aliphatic heterocycles. The molecule has 1 atom stereocenters. The van der Waals surface area contributed by atoms with Crippen LogP contribution in [0.1, 0.15) is 11.1 Å². The summed E-state index contributed by atoms with van der Waals surface area (Å²) in [5.41, 5.74) is 2.20. The molecule has 1 unspecified atom stereocenters. The fraction of sp³-hybridized carbons (Fsp3) is 0.400. The van der Waals surface area contributed by atoms with Gasteiger partial charge in [-0.05, 0) is 30.2 Å². The maximum atomic E-state index is 9.24. The Morgan fingerprint density at radius 3 is 2.69 bits per heavy atom. The molecule has 1 aromatic rings. The Hall–Kier alpha value is -0.380. The van der Waals surface area contributed by atoms with Gasteiger partial charge in [0.1, 0.15) is 0 Å². The lowest BCUT2D eigenvalue weighted by Crippen LogP contribution is -2.15. The van der Waals surface area contributed by atoms with Crippen molar-refractivity contribution < 1.29 is 10.2 Å². The highest BCUT2D eigenvalue weighted by Crippen LogP contribution is 2.16. The molecule has 0 fully saturated rings. The van der Waals surface area contributed by atoms with E-state index in [1.54, 1.807) is 0 Å². The number of halogens is 1. The topological polar surface area (TPSA) is 40.5 Å². The molecule has 0 radical (unpaired) electrons. The molecule has 0 amide bonds. The van der Waals surface area contributed by atoms with Crippen LogP contribution >= 0.6 is 15.9 Å². The summed E-state index contributed by atoms with van der Waals surface area (Å²) in [6.45, 7) is 1.81. The highest BCUT2D eigenvalue weighted by molar-refractivity contribution is 9.10. The van der Waals surface area contributed by atoms with Crippen LogP contribution in [-0.2, 0) is 6.42 Å². The van der Waals surface area contributed by atoms with Crippen molar-refractivity contribution in [3.63, 3.8) is 0 Å². The molecule has 0 saturated carbocycles. The third-order valence-electron chi connectivity index (χ3n) is 1.97. The highest BCUT2D eigenvalue weighted by Gasteiger charge is 2.05. The molecule has 3 heteroatoms. The third-order valence-corrected chi connectivity index (χ3v) is 2.46. The first kappa shape index (κ1) is 10.7. The van der Waals surface area contributed by atoms with Crippen molar-refractivity contribution in [2.45, 2.75) is 19.4 Å². The molecule has 0 bridgehead atoms. The average molecular weight is 245 g/mol. The van der Waals surface area contributed by atoms with Crippen molar-refractivity contribution in [3.05, 3.63) is 33.8 Å². The number of aliphatic hydroxyl groups excluding tert-OH is 2. The summed E-state index contributed by atoms with van der Waals surface area (Å²) in [6, 6.07) is 5.89. The zero-order valence-electron chi connectivity index (χ0n) is 7.50. The van der Waals surface area contributed by atoms with E-state index in [1.165, 1.54) is 0 Å². The van der Waals surface area contributed by atoms with Gasteiger partial charge in [-0.15, -0.1) is 0 Å². The van der Waals surface area contributed by atoms with Gasteiger partial charge in [-0.1, -0.05) is 22.0 Å². The molecule has 1 rings (SSSR count). The summed E-state index contributed by atoms with van der Waals surface area (Å²) < 4.78 is 1.03. The van der Waals surface area contributed by atoms with Gasteiger partial charge in [0, 0.05) is 10.9 Å². The zero-order chi connectivity index (χ0) is 9.84. The Bertz CT molecular complexity index is 286. The van der Waals surface area contributed by atoms with Gasteiger partial charge in [0.05, 0.1) is 12.7 Å². The fourth-order valence-electron chi connectivity index (χ4n) is 1.21. The van der Waals surface area contributed by atoms with Crippen LogP contribution in [0.15, 0.2) is 22.7 Å². The van der Waals surface area contributed by atoms with E-state index in [0.29, 0.717) is 6.42 Å². The summed E-state index contributed by atoms with van der Waals surface area (Å²) in [5.74, 6) is 0. The number of rotatable bonds is 3. The van der Waals surface area contributed by atoms with Crippen LogP contribution < -0.4 is 0 Å². The Kier molecular flexibility index (Phi) is 3.90. The SMILES string of the molecule is Cc1cc(Br)ccc1CC(O)CO. The standard InChI is InChI=1S/C10H13BrO2/c1-7-4-9(11)3-2-8(7)5-10(13)6-12/h2-4,10,12-13H,5-6H2,1H3. The minimum atomic E-state index is -0.653. The molecular formula is C10H13BrO2. The smallest absolute Gasteiger partial charge is 0.0811 e. The first-order valence-electron chi connectivity index (χ1n) is 4.17. The average Bonchev–Trinajstić information content (AvgIpc) is 2.09. The predicted molar refractivity (Wildman–Crippen MR) is 55.7 cm³/mol. The second kappa shape index (κ2) is 4.74.